The smallest absolute Gasteiger partial charge is 0.251 e. The number of hydrogen-bond acceptors (Lipinski definition) is 3. The van der Waals surface area contributed by atoms with Crippen LogP contribution in [0.2, 0.25) is 0 Å². The van der Waals surface area contributed by atoms with E-state index in [-0.39, 0.29) is 11.9 Å². The molecule has 0 aliphatic heterocycles. The van der Waals surface area contributed by atoms with Gasteiger partial charge in [-0.3, -0.25) is 4.79 Å². The third-order valence-electron chi connectivity index (χ3n) is 3.13. The molecule has 1 amide bonds. The van der Waals surface area contributed by atoms with Crippen LogP contribution in [0.25, 0.3) is 0 Å². The van der Waals surface area contributed by atoms with Gasteiger partial charge in [0.25, 0.3) is 5.91 Å². The molecule has 2 N–H and O–H groups in total. The van der Waals surface area contributed by atoms with Crippen LogP contribution in [-0.2, 0) is 0 Å². The maximum atomic E-state index is 11.6. The number of rotatable bonds is 4. The standard InChI is InChI=1S/C15H18N2OS/c1-10-8-12(15(18)16-3)4-5-14(10)17-11(2)13-6-7-19-9-13/h4-9,11,17H,1-3H3,(H,16,18). The molecule has 0 spiro atoms. The Balaban J connectivity index is 2.15. The van der Waals surface area contributed by atoms with Gasteiger partial charge in [0.1, 0.15) is 0 Å². The number of carbonyl (C=O) groups excluding carboxylic acids is 1. The summed E-state index contributed by atoms with van der Waals surface area (Å²) < 4.78 is 0. The lowest BCUT2D eigenvalue weighted by molar-refractivity contribution is 0.0963. The fourth-order valence-corrected chi connectivity index (χ4v) is 2.70. The lowest BCUT2D eigenvalue weighted by atomic mass is 10.1. The van der Waals surface area contributed by atoms with Crippen molar-refractivity contribution in [2.24, 2.45) is 0 Å². The third-order valence-corrected chi connectivity index (χ3v) is 3.83. The Morgan fingerprint density at radius 1 is 1.32 bits per heavy atom. The number of benzene rings is 1. The summed E-state index contributed by atoms with van der Waals surface area (Å²) in [6, 6.07) is 8.09. The quantitative estimate of drug-likeness (QED) is 0.894. The second-order valence-corrected chi connectivity index (χ2v) is 5.31. The molecule has 2 rings (SSSR count). The highest BCUT2D eigenvalue weighted by Gasteiger charge is 2.09. The highest BCUT2D eigenvalue weighted by molar-refractivity contribution is 7.07. The number of aryl methyl sites for hydroxylation is 1. The average molecular weight is 274 g/mol. The van der Waals surface area contributed by atoms with Gasteiger partial charge in [-0.2, -0.15) is 11.3 Å². The second-order valence-electron chi connectivity index (χ2n) is 4.53. The van der Waals surface area contributed by atoms with Crippen LogP contribution < -0.4 is 10.6 Å². The van der Waals surface area contributed by atoms with Gasteiger partial charge in [0, 0.05) is 24.3 Å². The average Bonchev–Trinajstić information content (AvgIpc) is 2.94. The van der Waals surface area contributed by atoms with Crippen molar-refractivity contribution in [2.45, 2.75) is 19.9 Å². The highest BCUT2D eigenvalue weighted by Crippen LogP contribution is 2.24. The molecule has 0 aliphatic rings. The van der Waals surface area contributed by atoms with E-state index in [4.69, 9.17) is 0 Å². The number of carbonyl (C=O) groups is 1. The monoisotopic (exact) mass is 274 g/mol. The van der Waals surface area contributed by atoms with Gasteiger partial charge in [0.05, 0.1) is 0 Å². The van der Waals surface area contributed by atoms with E-state index in [9.17, 15) is 4.79 Å². The van der Waals surface area contributed by atoms with Crippen LogP contribution in [0.4, 0.5) is 5.69 Å². The minimum absolute atomic E-state index is 0.0551. The van der Waals surface area contributed by atoms with Crippen molar-refractivity contribution in [1.29, 1.82) is 0 Å². The van der Waals surface area contributed by atoms with E-state index in [2.05, 4.69) is 34.4 Å². The minimum Gasteiger partial charge on any atom is -0.378 e. The predicted octanol–water partition coefficient (Wildman–Crippen LogP) is 3.59. The normalized spacial score (nSPS) is 11.9. The Morgan fingerprint density at radius 2 is 2.11 bits per heavy atom. The first-order valence-corrected chi connectivity index (χ1v) is 7.17. The van der Waals surface area contributed by atoms with Gasteiger partial charge in [-0.25, -0.2) is 0 Å². The van der Waals surface area contributed by atoms with E-state index < -0.39 is 0 Å². The Hall–Kier alpha value is -1.81. The van der Waals surface area contributed by atoms with Gasteiger partial charge in [-0.1, -0.05) is 0 Å². The lowest BCUT2D eigenvalue weighted by Crippen LogP contribution is -2.18. The zero-order valence-corrected chi connectivity index (χ0v) is 12.2. The van der Waals surface area contributed by atoms with Crippen LogP contribution in [0.1, 0.15) is 34.5 Å². The molecule has 3 nitrogen and oxygen atoms in total. The first-order chi connectivity index (χ1) is 9.11. The van der Waals surface area contributed by atoms with Crippen LogP contribution in [0.15, 0.2) is 35.0 Å². The molecule has 0 fully saturated rings. The third kappa shape index (κ3) is 3.15. The number of nitrogens with one attached hydrogen (secondary N) is 2. The topological polar surface area (TPSA) is 41.1 Å². The summed E-state index contributed by atoms with van der Waals surface area (Å²) in [6.07, 6.45) is 0. The predicted molar refractivity (Wildman–Crippen MR) is 80.9 cm³/mol. The van der Waals surface area contributed by atoms with Crippen LogP contribution in [0.5, 0.6) is 0 Å². The van der Waals surface area contributed by atoms with Crippen molar-refractivity contribution in [2.75, 3.05) is 12.4 Å². The van der Waals surface area contributed by atoms with Gasteiger partial charge in [-0.05, 0) is 60.0 Å². The van der Waals surface area contributed by atoms with E-state index in [1.54, 1.807) is 18.4 Å². The molecule has 0 saturated carbocycles. The van der Waals surface area contributed by atoms with E-state index in [0.29, 0.717) is 5.56 Å². The second kappa shape index (κ2) is 5.89. The Labute approximate surface area is 117 Å². The van der Waals surface area contributed by atoms with E-state index in [0.717, 1.165) is 11.3 Å². The van der Waals surface area contributed by atoms with Gasteiger partial charge in [-0.15, -0.1) is 0 Å². The molecule has 19 heavy (non-hydrogen) atoms. The van der Waals surface area contributed by atoms with Gasteiger partial charge < -0.3 is 10.6 Å². The summed E-state index contributed by atoms with van der Waals surface area (Å²) in [6.45, 7) is 4.14. The molecule has 1 aromatic heterocycles. The summed E-state index contributed by atoms with van der Waals surface area (Å²) in [5.74, 6) is -0.0551. The molecule has 1 heterocycles. The fourth-order valence-electron chi connectivity index (χ4n) is 1.95. The molecular formula is C15H18N2OS. The molecular weight excluding hydrogens is 256 g/mol. The van der Waals surface area contributed by atoms with Crippen molar-refractivity contribution < 1.29 is 4.79 Å². The van der Waals surface area contributed by atoms with Crippen molar-refractivity contribution in [3.8, 4) is 0 Å². The van der Waals surface area contributed by atoms with Gasteiger partial charge >= 0.3 is 0 Å². The van der Waals surface area contributed by atoms with Crippen molar-refractivity contribution in [3.05, 3.63) is 51.7 Å². The molecule has 0 saturated heterocycles. The van der Waals surface area contributed by atoms with Gasteiger partial charge in [0.2, 0.25) is 0 Å². The molecule has 2 aromatic rings. The van der Waals surface area contributed by atoms with E-state index in [1.807, 2.05) is 25.1 Å². The molecule has 1 unspecified atom stereocenters. The molecule has 100 valence electrons. The molecule has 0 radical (unpaired) electrons. The minimum atomic E-state index is -0.0551. The van der Waals surface area contributed by atoms with Crippen molar-refractivity contribution in [3.63, 3.8) is 0 Å². The Kier molecular flexibility index (Phi) is 4.22. The highest BCUT2D eigenvalue weighted by atomic mass is 32.1. The fraction of sp³-hybridized carbons (Fsp3) is 0.267. The number of amides is 1. The zero-order valence-electron chi connectivity index (χ0n) is 11.4. The summed E-state index contributed by atoms with van der Waals surface area (Å²) in [4.78, 5) is 11.6. The largest absolute Gasteiger partial charge is 0.378 e. The zero-order chi connectivity index (χ0) is 13.8. The van der Waals surface area contributed by atoms with E-state index in [1.165, 1.54) is 5.56 Å². The molecule has 1 aromatic carbocycles. The maximum Gasteiger partial charge on any atom is 0.251 e. The van der Waals surface area contributed by atoms with Crippen molar-refractivity contribution >= 4 is 22.9 Å². The van der Waals surface area contributed by atoms with Crippen molar-refractivity contribution in [1.82, 2.24) is 5.32 Å². The maximum absolute atomic E-state index is 11.6. The van der Waals surface area contributed by atoms with Crippen LogP contribution in [0, 0.1) is 6.92 Å². The van der Waals surface area contributed by atoms with E-state index >= 15 is 0 Å². The number of anilines is 1. The molecule has 4 heteroatoms. The molecule has 1 atom stereocenters. The molecule has 0 bridgehead atoms. The van der Waals surface area contributed by atoms with Crippen LogP contribution in [-0.4, -0.2) is 13.0 Å². The first kappa shape index (κ1) is 13.6. The lowest BCUT2D eigenvalue weighted by Gasteiger charge is -2.16. The summed E-state index contributed by atoms with van der Waals surface area (Å²) in [5.41, 5.74) is 4.10. The summed E-state index contributed by atoms with van der Waals surface area (Å²) in [5, 5.41) is 10.3. The van der Waals surface area contributed by atoms with Gasteiger partial charge in [0.15, 0.2) is 0 Å². The number of thiophene rings is 1. The summed E-state index contributed by atoms with van der Waals surface area (Å²) in [7, 11) is 1.64. The SMILES string of the molecule is CNC(=O)c1ccc(NC(C)c2ccsc2)c(C)c1. The van der Waals surface area contributed by atoms with Crippen LogP contribution in [0.3, 0.4) is 0 Å². The summed E-state index contributed by atoms with van der Waals surface area (Å²) >= 11 is 1.70. The Morgan fingerprint density at radius 3 is 2.68 bits per heavy atom. The number of hydrogen-bond donors (Lipinski definition) is 2. The molecule has 0 aliphatic carbocycles. The first-order valence-electron chi connectivity index (χ1n) is 6.23. The Bertz CT molecular complexity index is 564. The van der Waals surface area contributed by atoms with Crippen LogP contribution >= 0.6 is 11.3 Å².